The first-order valence-corrected chi connectivity index (χ1v) is 6.43. The molecular formula is C15H16N2O5. The maximum Gasteiger partial charge on any atom is 0.269 e. The number of rotatable bonds is 5. The fourth-order valence-electron chi connectivity index (χ4n) is 2.05. The molecule has 7 heteroatoms. The van der Waals surface area contributed by atoms with E-state index in [1.807, 2.05) is 0 Å². The Morgan fingerprint density at radius 2 is 1.77 bits per heavy atom. The van der Waals surface area contributed by atoms with Crippen LogP contribution < -0.4 is 0 Å². The predicted molar refractivity (Wildman–Crippen MR) is 81.2 cm³/mol. The van der Waals surface area contributed by atoms with Gasteiger partial charge in [0.1, 0.15) is 0 Å². The fourth-order valence-corrected chi connectivity index (χ4v) is 2.05. The lowest BCUT2D eigenvalue weighted by molar-refractivity contribution is -0.384. The smallest absolute Gasteiger partial charge is 0.269 e. The SMILES string of the molecule is COC1=CC(=Nc2ccc([N+](=O)[O-])cc2)C=CC1(OC)OC. The molecule has 0 heterocycles. The minimum Gasteiger partial charge on any atom is -0.495 e. The number of ether oxygens (including phenoxy) is 3. The van der Waals surface area contributed by atoms with Crippen molar-refractivity contribution in [3.8, 4) is 0 Å². The number of non-ortho nitro benzene ring substituents is 1. The summed E-state index contributed by atoms with van der Waals surface area (Å²) >= 11 is 0. The van der Waals surface area contributed by atoms with Gasteiger partial charge >= 0.3 is 0 Å². The summed E-state index contributed by atoms with van der Waals surface area (Å²) in [6.45, 7) is 0. The Balaban J connectivity index is 2.30. The molecule has 0 spiro atoms. The second-order valence-corrected chi connectivity index (χ2v) is 4.43. The molecular weight excluding hydrogens is 288 g/mol. The van der Waals surface area contributed by atoms with Crippen molar-refractivity contribution in [2.75, 3.05) is 21.3 Å². The molecule has 1 aromatic carbocycles. The van der Waals surface area contributed by atoms with Crippen molar-refractivity contribution in [1.29, 1.82) is 0 Å². The van der Waals surface area contributed by atoms with E-state index in [1.165, 1.54) is 33.5 Å². The molecule has 0 amide bonds. The first-order chi connectivity index (χ1) is 10.5. The highest BCUT2D eigenvalue weighted by atomic mass is 16.7. The summed E-state index contributed by atoms with van der Waals surface area (Å²) in [6.07, 6.45) is 5.11. The Hall–Kier alpha value is -2.51. The molecule has 1 aromatic rings. The van der Waals surface area contributed by atoms with Gasteiger partial charge in [0, 0.05) is 32.4 Å². The van der Waals surface area contributed by atoms with Crippen LogP contribution in [-0.2, 0) is 14.2 Å². The highest BCUT2D eigenvalue weighted by Crippen LogP contribution is 2.28. The van der Waals surface area contributed by atoms with Gasteiger partial charge in [-0.2, -0.15) is 0 Å². The van der Waals surface area contributed by atoms with Crippen molar-refractivity contribution in [2.45, 2.75) is 5.79 Å². The number of methoxy groups -OCH3 is 3. The van der Waals surface area contributed by atoms with Gasteiger partial charge in [0.25, 0.3) is 5.69 Å². The molecule has 0 aliphatic heterocycles. The maximum atomic E-state index is 10.6. The van der Waals surface area contributed by atoms with E-state index in [0.29, 0.717) is 17.2 Å². The minimum absolute atomic E-state index is 0.0223. The Morgan fingerprint density at radius 1 is 1.14 bits per heavy atom. The number of nitro benzene ring substituents is 1. The van der Waals surface area contributed by atoms with E-state index in [1.54, 1.807) is 30.4 Å². The second kappa shape index (κ2) is 6.50. The average Bonchev–Trinajstić information content (AvgIpc) is 2.55. The third kappa shape index (κ3) is 3.05. The average molecular weight is 304 g/mol. The Kier molecular flexibility index (Phi) is 4.69. The highest BCUT2D eigenvalue weighted by Gasteiger charge is 2.35. The number of allylic oxidation sites excluding steroid dienone is 2. The van der Waals surface area contributed by atoms with Crippen LogP contribution in [-0.4, -0.2) is 37.8 Å². The first kappa shape index (κ1) is 15.9. The van der Waals surface area contributed by atoms with Crippen LogP contribution >= 0.6 is 0 Å². The molecule has 7 nitrogen and oxygen atoms in total. The van der Waals surface area contributed by atoms with E-state index in [0.717, 1.165) is 0 Å². The van der Waals surface area contributed by atoms with Gasteiger partial charge in [-0.05, 0) is 24.3 Å². The number of hydrogen-bond donors (Lipinski definition) is 0. The van der Waals surface area contributed by atoms with E-state index < -0.39 is 10.7 Å². The van der Waals surface area contributed by atoms with E-state index in [9.17, 15) is 10.1 Å². The molecule has 0 atom stereocenters. The van der Waals surface area contributed by atoms with Crippen molar-refractivity contribution in [3.63, 3.8) is 0 Å². The number of nitro groups is 1. The van der Waals surface area contributed by atoms with Crippen LogP contribution in [0.3, 0.4) is 0 Å². The Bertz CT molecular complexity index is 642. The van der Waals surface area contributed by atoms with Crippen LogP contribution in [0.15, 0.2) is 53.2 Å². The largest absolute Gasteiger partial charge is 0.495 e. The standard InChI is InChI=1S/C15H16N2O5/c1-20-14-10-12(8-9-15(14,21-2)22-3)16-11-4-6-13(7-5-11)17(18)19/h4-10H,1-3H3. The van der Waals surface area contributed by atoms with Crippen LogP contribution in [0.1, 0.15) is 0 Å². The van der Waals surface area contributed by atoms with Gasteiger partial charge in [-0.15, -0.1) is 0 Å². The molecule has 1 aliphatic carbocycles. The lowest BCUT2D eigenvalue weighted by Crippen LogP contribution is -2.37. The number of aliphatic imine (C=N–C) groups is 1. The molecule has 0 saturated carbocycles. The summed E-state index contributed by atoms with van der Waals surface area (Å²) in [5, 5.41) is 10.6. The predicted octanol–water partition coefficient (Wildman–Crippen LogP) is 2.76. The van der Waals surface area contributed by atoms with Crippen LogP contribution in [0.5, 0.6) is 0 Å². The normalized spacial score (nSPS) is 18.1. The summed E-state index contributed by atoms with van der Waals surface area (Å²) in [5.74, 6) is -0.607. The number of nitrogens with zero attached hydrogens (tertiary/aromatic N) is 2. The maximum absolute atomic E-state index is 10.6. The third-order valence-corrected chi connectivity index (χ3v) is 3.24. The fraction of sp³-hybridized carbons (Fsp3) is 0.267. The Labute approximate surface area is 127 Å². The molecule has 116 valence electrons. The summed E-state index contributed by atoms with van der Waals surface area (Å²) < 4.78 is 16.0. The van der Waals surface area contributed by atoms with Crippen LogP contribution in [0.25, 0.3) is 0 Å². The van der Waals surface area contributed by atoms with E-state index in [-0.39, 0.29) is 5.69 Å². The molecule has 0 radical (unpaired) electrons. The van der Waals surface area contributed by atoms with E-state index in [2.05, 4.69) is 4.99 Å². The van der Waals surface area contributed by atoms with Crippen molar-refractivity contribution in [3.05, 3.63) is 58.4 Å². The quantitative estimate of drug-likeness (QED) is 0.474. The molecule has 0 aromatic heterocycles. The van der Waals surface area contributed by atoms with Crippen molar-refractivity contribution >= 4 is 17.1 Å². The third-order valence-electron chi connectivity index (χ3n) is 3.24. The zero-order valence-corrected chi connectivity index (χ0v) is 12.5. The van der Waals surface area contributed by atoms with Crippen LogP contribution in [0.2, 0.25) is 0 Å². The van der Waals surface area contributed by atoms with E-state index in [4.69, 9.17) is 14.2 Å². The zero-order valence-electron chi connectivity index (χ0n) is 12.5. The highest BCUT2D eigenvalue weighted by molar-refractivity contribution is 6.06. The lowest BCUT2D eigenvalue weighted by Gasteiger charge is -2.30. The van der Waals surface area contributed by atoms with Crippen molar-refractivity contribution in [1.82, 2.24) is 0 Å². The second-order valence-electron chi connectivity index (χ2n) is 4.43. The van der Waals surface area contributed by atoms with Crippen molar-refractivity contribution in [2.24, 2.45) is 4.99 Å². The topological polar surface area (TPSA) is 83.2 Å². The summed E-state index contributed by atoms with van der Waals surface area (Å²) in [4.78, 5) is 14.6. The Morgan fingerprint density at radius 3 is 2.27 bits per heavy atom. The van der Waals surface area contributed by atoms with Crippen LogP contribution in [0, 0.1) is 10.1 Å². The van der Waals surface area contributed by atoms with Gasteiger partial charge < -0.3 is 14.2 Å². The zero-order chi connectivity index (χ0) is 16.2. The summed E-state index contributed by atoms with van der Waals surface area (Å²) in [7, 11) is 4.54. The first-order valence-electron chi connectivity index (χ1n) is 6.43. The molecule has 0 bridgehead atoms. The minimum atomic E-state index is -1.07. The van der Waals surface area contributed by atoms with Gasteiger partial charge in [-0.1, -0.05) is 0 Å². The number of hydrogen-bond acceptors (Lipinski definition) is 6. The van der Waals surface area contributed by atoms with E-state index >= 15 is 0 Å². The molecule has 0 unspecified atom stereocenters. The summed E-state index contributed by atoms with van der Waals surface area (Å²) in [5.41, 5.74) is 1.24. The monoisotopic (exact) mass is 304 g/mol. The van der Waals surface area contributed by atoms with Gasteiger partial charge in [0.15, 0.2) is 5.76 Å². The molecule has 22 heavy (non-hydrogen) atoms. The number of benzene rings is 1. The molecule has 0 N–H and O–H groups in total. The lowest BCUT2D eigenvalue weighted by atomic mass is 10.1. The van der Waals surface area contributed by atoms with Gasteiger partial charge in [0.05, 0.1) is 23.4 Å². The molecule has 0 fully saturated rings. The summed E-state index contributed by atoms with van der Waals surface area (Å²) in [6, 6.07) is 5.96. The van der Waals surface area contributed by atoms with Gasteiger partial charge in [-0.25, -0.2) is 4.99 Å². The van der Waals surface area contributed by atoms with Crippen LogP contribution in [0.4, 0.5) is 11.4 Å². The molecule has 1 aliphatic rings. The van der Waals surface area contributed by atoms with Gasteiger partial charge in [0.2, 0.25) is 5.79 Å². The van der Waals surface area contributed by atoms with Gasteiger partial charge in [-0.3, -0.25) is 10.1 Å². The molecule has 0 saturated heterocycles. The van der Waals surface area contributed by atoms with Crippen molar-refractivity contribution < 1.29 is 19.1 Å². The molecule has 2 rings (SSSR count).